The highest BCUT2D eigenvalue weighted by Crippen LogP contribution is 2.66. The summed E-state index contributed by atoms with van der Waals surface area (Å²) in [5.74, 6) is -2.58. The van der Waals surface area contributed by atoms with Gasteiger partial charge in [0.05, 0.1) is 11.0 Å². The zero-order chi connectivity index (χ0) is 25.8. The monoisotopic (exact) mass is 493 g/mol. The van der Waals surface area contributed by atoms with Gasteiger partial charge in [0, 0.05) is 32.0 Å². The number of hydrogen-bond donors (Lipinski definition) is 3. The van der Waals surface area contributed by atoms with Gasteiger partial charge in [-0.1, -0.05) is 30.3 Å². The number of hydrogen-bond acceptors (Lipinski definition) is 3. The van der Waals surface area contributed by atoms with Gasteiger partial charge in [-0.25, -0.2) is 4.39 Å². The highest BCUT2D eigenvalue weighted by molar-refractivity contribution is 5.94. The zero-order valence-corrected chi connectivity index (χ0v) is 20.1. The van der Waals surface area contributed by atoms with Crippen LogP contribution < -0.4 is 16.0 Å². The van der Waals surface area contributed by atoms with Gasteiger partial charge in [-0.2, -0.15) is 13.2 Å². The molecule has 2 amide bonds. The van der Waals surface area contributed by atoms with E-state index in [4.69, 9.17) is 0 Å². The van der Waals surface area contributed by atoms with Crippen LogP contribution in [0.4, 0.5) is 17.6 Å². The molecule has 2 aromatic carbocycles. The number of aryl methyl sites for hydroxylation is 1. The molecular weight excluding hydrogens is 462 g/mol. The maximum absolute atomic E-state index is 14.4. The van der Waals surface area contributed by atoms with Gasteiger partial charge >= 0.3 is 6.18 Å². The molecule has 0 spiro atoms. The predicted octanol–water partition coefficient (Wildman–Crippen LogP) is 4.26. The number of benzene rings is 2. The lowest BCUT2D eigenvalue weighted by atomic mass is 9.80. The number of rotatable bonds is 10. The Morgan fingerprint density at radius 3 is 2.29 bits per heavy atom. The molecule has 3 N–H and O–H groups in total. The third-order valence-corrected chi connectivity index (χ3v) is 6.93. The van der Waals surface area contributed by atoms with Crippen molar-refractivity contribution in [1.29, 1.82) is 0 Å². The van der Waals surface area contributed by atoms with Crippen LogP contribution in [0.1, 0.15) is 52.2 Å². The fourth-order valence-electron chi connectivity index (χ4n) is 4.57. The number of halogens is 4. The molecule has 1 fully saturated rings. The van der Waals surface area contributed by atoms with Crippen LogP contribution in [0.3, 0.4) is 0 Å². The van der Waals surface area contributed by atoms with Gasteiger partial charge in [0.25, 0.3) is 5.91 Å². The summed E-state index contributed by atoms with van der Waals surface area (Å²) < 4.78 is 56.0. The van der Waals surface area contributed by atoms with Crippen LogP contribution in [0.2, 0.25) is 0 Å². The van der Waals surface area contributed by atoms with Crippen LogP contribution in [0, 0.1) is 18.2 Å². The SMILES string of the molecule is CNC(=O)c1cc(C)c(C[C@@H](CNC(=O)C[C@H](c2ccccc2)C2(C(F)(F)F)CC2)NC)cc1F. The second-order valence-electron chi connectivity index (χ2n) is 9.15. The first-order valence-corrected chi connectivity index (χ1v) is 11.6. The molecule has 3 rings (SSSR count). The Bertz CT molecular complexity index is 1050. The fourth-order valence-corrected chi connectivity index (χ4v) is 4.57. The van der Waals surface area contributed by atoms with E-state index in [1.807, 2.05) is 0 Å². The van der Waals surface area contributed by atoms with Gasteiger partial charge in [0.2, 0.25) is 5.91 Å². The maximum Gasteiger partial charge on any atom is 0.395 e. The van der Waals surface area contributed by atoms with E-state index in [1.165, 1.54) is 19.2 Å². The van der Waals surface area contributed by atoms with Crippen molar-refractivity contribution in [1.82, 2.24) is 16.0 Å². The van der Waals surface area contributed by atoms with E-state index in [-0.39, 0.29) is 37.4 Å². The molecule has 0 aromatic heterocycles. The van der Waals surface area contributed by atoms with Gasteiger partial charge in [0.1, 0.15) is 5.82 Å². The molecule has 0 saturated heterocycles. The average molecular weight is 494 g/mol. The molecule has 1 saturated carbocycles. The van der Waals surface area contributed by atoms with Crippen LogP contribution in [0.5, 0.6) is 0 Å². The number of amides is 2. The highest BCUT2D eigenvalue weighted by Gasteiger charge is 2.67. The molecule has 35 heavy (non-hydrogen) atoms. The Balaban J connectivity index is 1.67. The molecule has 0 radical (unpaired) electrons. The molecule has 1 aliphatic carbocycles. The van der Waals surface area contributed by atoms with Crippen LogP contribution in [-0.2, 0) is 11.2 Å². The van der Waals surface area contributed by atoms with Gasteiger partial charge in [-0.15, -0.1) is 0 Å². The third-order valence-electron chi connectivity index (χ3n) is 6.93. The lowest BCUT2D eigenvalue weighted by Gasteiger charge is -2.29. The van der Waals surface area contributed by atoms with Crippen molar-refractivity contribution in [3.05, 3.63) is 70.5 Å². The van der Waals surface area contributed by atoms with E-state index in [1.54, 1.807) is 44.3 Å². The average Bonchev–Trinajstić information content (AvgIpc) is 3.64. The van der Waals surface area contributed by atoms with Gasteiger partial charge < -0.3 is 16.0 Å². The number of carbonyl (C=O) groups excluding carboxylic acids is 2. The summed E-state index contributed by atoms with van der Waals surface area (Å²) in [6, 6.07) is 10.9. The normalized spacial score (nSPS) is 16.3. The second-order valence-corrected chi connectivity index (χ2v) is 9.15. The van der Waals surface area contributed by atoms with E-state index in [0.29, 0.717) is 17.5 Å². The summed E-state index contributed by atoms with van der Waals surface area (Å²) in [6.45, 7) is 1.93. The van der Waals surface area contributed by atoms with Crippen LogP contribution in [0.15, 0.2) is 42.5 Å². The molecule has 0 unspecified atom stereocenters. The van der Waals surface area contributed by atoms with E-state index < -0.39 is 35.1 Å². The van der Waals surface area contributed by atoms with Crippen molar-refractivity contribution >= 4 is 11.8 Å². The largest absolute Gasteiger partial charge is 0.395 e. The van der Waals surface area contributed by atoms with Crippen LogP contribution in [-0.4, -0.2) is 44.7 Å². The number of nitrogens with one attached hydrogen (secondary N) is 3. The molecular formula is C26H31F4N3O2. The summed E-state index contributed by atoms with van der Waals surface area (Å²) in [5.41, 5.74) is -0.0185. The summed E-state index contributed by atoms with van der Waals surface area (Å²) in [4.78, 5) is 24.6. The summed E-state index contributed by atoms with van der Waals surface area (Å²) in [7, 11) is 3.11. The van der Waals surface area contributed by atoms with Gasteiger partial charge in [-0.3, -0.25) is 9.59 Å². The van der Waals surface area contributed by atoms with Crippen molar-refractivity contribution in [2.45, 2.75) is 50.7 Å². The molecule has 2 atom stereocenters. The van der Waals surface area contributed by atoms with Crippen LogP contribution in [0.25, 0.3) is 0 Å². The Hall–Kier alpha value is -2.94. The number of likely N-dealkylation sites (N-methyl/N-ethyl adjacent to an activating group) is 1. The van der Waals surface area contributed by atoms with Crippen molar-refractivity contribution in [3.63, 3.8) is 0 Å². The highest BCUT2D eigenvalue weighted by atomic mass is 19.4. The number of alkyl halides is 3. The molecule has 5 nitrogen and oxygen atoms in total. The minimum atomic E-state index is -4.39. The maximum atomic E-state index is 14.4. The predicted molar refractivity (Wildman–Crippen MR) is 126 cm³/mol. The molecule has 9 heteroatoms. The van der Waals surface area contributed by atoms with Crippen molar-refractivity contribution in [2.75, 3.05) is 20.6 Å². The Kier molecular flexibility index (Phi) is 8.20. The molecule has 2 aromatic rings. The van der Waals surface area contributed by atoms with E-state index in [9.17, 15) is 27.2 Å². The first-order chi connectivity index (χ1) is 16.5. The van der Waals surface area contributed by atoms with Crippen LogP contribution >= 0.6 is 0 Å². The minimum absolute atomic E-state index is 0.0133. The minimum Gasteiger partial charge on any atom is -0.355 e. The molecule has 0 aliphatic heterocycles. The lowest BCUT2D eigenvalue weighted by Crippen LogP contribution is -2.42. The second kappa shape index (κ2) is 10.8. The van der Waals surface area contributed by atoms with Crippen molar-refractivity contribution in [2.24, 2.45) is 5.41 Å². The van der Waals surface area contributed by atoms with E-state index in [0.717, 1.165) is 5.56 Å². The molecule has 1 aliphatic rings. The fraction of sp³-hybridized carbons (Fsp3) is 0.462. The first kappa shape index (κ1) is 26.7. The van der Waals surface area contributed by atoms with Gasteiger partial charge in [-0.05, 0) is 62.1 Å². The Morgan fingerprint density at radius 1 is 1.09 bits per heavy atom. The van der Waals surface area contributed by atoms with E-state index >= 15 is 0 Å². The number of carbonyl (C=O) groups is 2. The van der Waals surface area contributed by atoms with Crippen molar-refractivity contribution < 1.29 is 27.2 Å². The molecule has 0 bridgehead atoms. The topological polar surface area (TPSA) is 70.2 Å². The van der Waals surface area contributed by atoms with Crippen molar-refractivity contribution in [3.8, 4) is 0 Å². The summed E-state index contributed by atoms with van der Waals surface area (Å²) in [6.07, 6.45) is -4.26. The molecule has 190 valence electrons. The summed E-state index contributed by atoms with van der Waals surface area (Å²) >= 11 is 0. The lowest BCUT2D eigenvalue weighted by molar-refractivity contribution is -0.194. The Labute approximate surface area is 202 Å². The van der Waals surface area contributed by atoms with E-state index in [2.05, 4.69) is 16.0 Å². The quantitative estimate of drug-likeness (QED) is 0.434. The zero-order valence-electron chi connectivity index (χ0n) is 20.1. The Morgan fingerprint density at radius 2 is 1.74 bits per heavy atom. The molecule has 0 heterocycles. The van der Waals surface area contributed by atoms with Gasteiger partial charge in [0.15, 0.2) is 0 Å². The standard InChI is InChI=1S/C26H31F4N3O2/c1-16-11-20(24(35)32-3)22(27)13-18(16)12-19(31-2)15-33-23(34)14-21(17-7-5-4-6-8-17)25(9-10-25)26(28,29)30/h4-8,11,13,19,21,31H,9-10,12,14-15H2,1-3H3,(H,32,35)(H,33,34)/t19-,21+/m0/s1. The smallest absolute Gasteiger partial charge is 0.355 e. The first-order valence-electron chi connectivity index (χ1n) is 11.6. The third kappa shape index (κ3) is 6.01. The summed E-state index contributed by atoms with van der Waals surface area (Å²) in [5, 5.41) is 8.20.